The molecule has 0 fully saturated rings. The fourth-order valence-corrected chi connectivity index (χ4v) is 2.29. The molecule has 2 aromatic rings. The van der Waals surface area contributed by atoms with E-state index >= 15 is 0 Å². The van der Waals surface area contributed by atoms with Crippen molar-refractivity contribution in [2.24, 2.45) is 0 Å². The SMILES string of the molecule is COc1ccc(C(Cl)c2ccc(C)c(Cl)c2)c(F)c1. The van der Waals surface area contributed by atoms with Gasteiger partial charge in [0.2, 0.25) is 0 Å². The van der Waals surface area contributed by atoms with Crippen LogP contribution >= 0.6 is 23.2 Å². The first kappa shape index (κ1) is 14.2. The number of rotatable bonds is 3. The molecule has 0 heterocycles. The fourth-order valence-electron chi connectivity index (χ4n) is 1.79. The predicted molar refractivity (Wildman–Crippen MR) is 76.8 cm³/mol. The lowest BCUT2D eigenvalue weighted by Crippen LogP contribution is -1.98. The molecule has 0 aliphatic carbocycles. The van der Waals surface area contributed by atoms with Gasteiger partial charge < -0.3 is 4.74 Å². The third-order valence-electron chi connectivity index (χ3n) is 2.97. The van der Waals surface area contributed by atoms with E-state index in [9.17, 15) is 4.39 Å². The third-order valence-corrected chi connectivity index (χ3v) is 3.86. The summed E-state index contributed by atoms with van der Waals surface area (Å²) in [5.41, 5.74) is 2.13. The molecule has 100 valence electrons. The quantitative estimate of drug-likeness (QED) is 0.714. The second kappa shape index (κ2) is 5.81. The van der Waals surface area contributed by atoms with Crippen LogP contribution in [0.15, 0.2) is 36.4 Å². The second-order valence-electron chi connectivity index (χ2n) is 4.26. The molecule has 4 heteroatoms. The topological polar surface area (TPSA) is 9.23 Å². The van der Waals surface area contributed by atoms with Crippen molar-refractivity contribution in [3.05, 3.63) is 63.9 Å². The van der Waals surface area contributed by atoms with E-state index in [1.54, 1.807) is 18.2 Å². The Morgan fingerprint density at radius 1 is 1.16 bits per heavy atom. The average Bonchev–Trinajstić information content (AvgIpc) is 2.41. The Balaban J connectivity index is 2.38. The molecule has 0 saturated heterocycles. The van der Waals surface area contributed by atoms with Crippen LogP contribution in [0.1, 0.15) is 22.1 Å². The number of ether oxygens (including phenoxy) is 1. The van der Waals surface area contributed by atoms with Gasteiger partial charge in [-0.2, -0.15) is 0 Å². The molecule has 0 amide bonds. The fraction of sp³-hybridized carbons (Fsp3) is 0.200. The number of hydrogen-bond acceptors (Lipinski definition) is 1. The van der Waals surface area contributed by atoms with Gasteiger partial charge in [-0.3, -0.25) is 0 Å². The zero-order chi connectivity index (χ0) is 14.0. The van der Waals surface area contributed by atoms with E-state index in [2.05, 4.69) is 0 Å². The summed E-state index contributed by atoms with van der Waals surface area (Å²) in [4.78, 5) is 0. The Hall–Kier alpha value is -1.25. The number of benzene rings is 2. The third kappa shape index (κ3) is 3.02. The molecule has 1 nitrogen and oxygen atoms in total. The summed E-state index contributed by atoms with van der Waals surface area (Å²) in [6.07, 6.45) is 0. The summed E-state index contributed by atoms with van der Waals surface area (Å²) < 4.78 is 18.9. The molecule has 0 aliphatic rings. The number of alkyl halides is 1. The van der Waals surface area contributed by atoms with Gasteiger partial charge in [0.15, 0.2) is 0 Å². The number of hydrogen-bond donors (Lipinski definition) is 0. The Bertz CT molecular complexity index is 599. The Kier molecular flexibility index (Phi) is 4.33. The summed E-state index contributed by atoms with van der Waals surface area (Å²) in [6, 6.07) is 10.1. The van der Waals surface area contributed by atoms with Crippen molar-refractivity contribution < 1.29 is 9.13 Å². The molecule has 0 bridgehead atoms. The van der Waals surface area contributed by atoms with Gasteiger partial charge in [0.1, 0.15) is 11.6 Å². The van der Waals surface area contributed by atoms with Crippen LogP contribution in [0, 0.1) is 12.7 Å². The molecular weight excluding hydrogens is 286 g/mol. The molecule has 2 aromatic carbocycles. The van der Waals surface area contributed by atoms with E-state index in [1.807, 2.05) is 19.1 Å². The van der Waals surface area contributed by atoms with E-state index in [-0.39, 0.29) is 0 Å². The maximum atomic E-state index is 14.0. The monoisotopic (exact) mass is 298 g/mol. The normalized spacial score (nSPS) is 12.3. The van der Waals surface area contributed by atoms with Crippen LogP contribution in [0.25, 0.3) is 0 Å². The van der Waals surface area contributed by atoms with Gasteiger partial charge in [-0.25, -0.2) is 4.39 Å². The summed E-state index contributed by atoms with van der Waals surface area (Å²) in [6.45, 7) is 1.91. The van der Waals surface area contributed by atoms with Gasteiger partial charge in [-0.1, -0.05) is 29.8 Å². The van der Waals surface area contributed by atoms with E-state index in [0.717, 1.165) is 11.1 Å². The van der Waals surface area contributed by atoms with Crippen LogP contribution in [0.3, 0.4) is 0 Å². The molecular formula is C15H13Cl2FO. The number of methoxy groups -OCH3 is 1. The number of halogens is 3. The second-order valence-corrected chi connectivity index (χ2v) is 5.10. The highest BCUT2D eigenvalue weighted by atomic mass is 35.5. The molecule has 2 rings (SSSR count). The standard InChI is InChI=1S/C15H13Cl2FO/c1-9-3-4-10(7-13(9)16)15(17)12-6-5-11(19-2)8-14(12)18/h3-8,15H,1-2H3. The molecule has 1 unspecified atom stereocenters. The molecule has 1 atom stereocenters. The van der Waals surface area contributed by atoms with Crippen molar-refractivity contribution in [3.63, 3.8) is 0 Å². The van der Waals surface area contributed by atoms with Gasteiger partial charge in [0.25, 0.3) is 0 Å². The predicted octanol–water partition coefficient (Wildman–Crippen LogP) is 5.12. The van der Waals surface area contributed by atoms with Crippen molar-refractivity contribution in [2.75, 3.05) is 7.11 Å². The lowest BCUT2D eigenvalue weighted by atomic mass is 10.0. The molecule has 0 N–H and O–H groups in total. The van der Waals surface area contributed by atoms with Crippen LogP contribution in [0.2, 0.25) is 5.02 Å². The van der Waals surface area contributed by atoms with Gasteiger partial charge in [0.05, 0.1) is 12.5 Å². The minimum atomic E-state index is -0.580. The molecule has 0 saturated carbocycles. The summed E-state index contributed by atoms with van der Waals surface area (Å²) >= 11 is 12.4. The van der Waals surface area contributed by atoms with Gasteiger partial charge in [0, 0.05) is 16.7 Å². The first-order valence-corrected chi connectivity index (χ1v) is 6.58. The molecule has 0 spiro atoms. The highest BCUT2D eigenvalue weighted by Crippen LogP contribution is 2.33. The molecule has 0 radical (unpaired) electrons. The largest absolute Gasteiger partial charge is 0.497 e. The highest BCUT2D eigenvalue weighted by Gasteiger charge is 2.16. The minimum absolute atomic E-state index is 0.393. The minimum Gasteiger partial charge on any atom is -0.497 e. The lowest BCUT2D eigenvalue weighted by Gasteiger charge is -2.13. The Labute approximate surface area is 121 Å². The van der Waals surface area contributed by atoms with E-state index in [4.69, 9.17) is 27.9 Å². The van der Waals surface area contributed by atoms with Crippen molar-refractivity contribution in [1.82, 2.24) is 0 Å². The zero-order valence-electron chi connectivity index (χ0n) is 10.6. The lowest BCUT2D eigenvalue weighted by molar-refractivity contribution is 0.410. The Morgan fingerprint density at radius 2 is 1.89 bits per heavy atom. The van der Waals surface area contributed by atoms with E-state index in [1.165, 1.54) is 13.2 Å². The van der Waals surface area contributed by atoms with Crippen LogP contribution < -0.4 is 4.74 Å². The number of aryl methyl sites for hydroxylation is 1. The van der Waals surface area contributed by atoms with Crippen LogP contribution in [-0.4, -0.2) is 7.11 Å². The van der Waals surface area contributed by atoms with Crippen molar-refractivity contribution in [3.8, 4) is 5.75 Å². The van der Waals surface area contributed by atoms with Crippen molar-refractivity contribution in [2.45, 2.75) is 12.3 Å². The highest BCUT2D eigenvalue weighted by molar-refractivity contribution is 6.31. The average molecular weight is 299 g/mol. The van der Waals surface area contributed by atoms with E-state index in [0.29, 0.717) is 16.3 Å². The first-order chi connectivity index (χ1) is 9.02. The zero-order valence-corrected chi connectivity index (χ0v) is 12.1. The molecule has 0 aromatic heterocycles. The van der Waals surface area contributed by atoms with Crippen molar-refractivity contribution >= 4 is 23.2 Å². The van der Waals surface area contributed by atoms with Crippen LogP contribution in [-0.2, 0) is 0 Å². The first-order valence-electron chi connectivity index (χ1n) is 5.76. The van der Waals surface area contributed by atoms with Gasteiger partial charge in [-0.15, -0.1) is 11.6 Å². The molecule has 19 heavy (non-hydrogen) atoms. The summed E-state index contributed by atoms with van der Waals surface area (Å²) in [7, 11) is 1.49. The van der Waals surface area contributed by atoms with Crippen LogP contribution in [0.4, 0.5) is 4.39 Å². The van der Waals surface area contributed by atoms with Gasteiger partial charge >= 0.3 is 0 Å². The maximum Gasteiger partial charge on any atom is 0.131 e. The Morgan fingerprint density at radius 3 is 2.47 bits per heavy atom. The van der Waals surface area contributed by atoms with Gasteiger partial charge in [-0.05, 0) is 30.2 Å². The van der Waals surface area contributed by atoms with E-state index < -0.39 is 11.2 Å². The van der Waals surface area contributed by atoms with Crippen LogP contribution in [0.5, 0.6) is 5.75 Å². The maximum absolute atomic E-state index is 14.0. The molecule has 0 aliphatic heterocycles. The smallest absolute Gasteiger partial charge is 0.131 e. The van der Waals surface area contributed by atoms with Crippen molar-refractivity contribution in [1.29, 1.82) is 0 Å². The summed E-state index contributed by atoms with van der Waals surface area (Å²) in [5.74, 6) is 0.0723. The summed E-state index contributed by atoms with van der Waals surface area (Å²) in [5, 5.41) is 0.0427.